The largest absolute Gasteiger partial charge is 0.372 e. The summed E-state index contributed by atoms with van der Waals surface area (Å²) < 4.78 is 10.4. The summed E-state index contributed by atoms with van der Waals surface area (Å²) >= 11 is 0. The molecule has 0 aromatic heterocycles. The van der Waals surface area contributed by atoms with Crippen molar-refractivity contribution in [2.45, 2.75) is 26.9 Å². The molecular formula is C13H24N2O4. The molecule has 1 N–H and O–H groups in total. The number of rotatable bonds is 7. The SMILES string of the molecule is CCOCC(=O)NCC1CN(CC(C)C)C(=O)CO1. The van der Waals surface area contributed by atoms with Crippen LogP contribution in [-0.2, 0) is 19.1 Å². The van der Waals surface area contributed by atoms with Crippen LogP contribution in [0.3, 0.4) is 0 Å². The first-order valence-electron chi connectivity index (χ1n) is 6.76. The maximum atomic E-state index is 11.6. The van der Waals surface area contributed by atoms with Crippen LogP contribution in [0.5, 0.6) is 0 Å². The molecule has 110 valence electrons. The Balaban J connectivity index is 2.31. The fourth-order valence-electron chi connectivity index (χ4n) is 1.89. The van der Waals surface area contributed by atoms with Gasteiger partial charge in [-0.25, -0.2) is 0 Å². The van der Waals surface area contributed by atoms with Crippen LogP contribution >= 0.6 is 0 Å². The number of amides is 2. The summed E-state index contributed by atoms with van der Waals surface area (Å²) in [6, 6.07) is 0. The van der Waals surface area contributed by atoms with Crippen molar-refractivity contribution in [3.05, 3.63) is 0 Å². The lowest BCUT2D eigenvalue weighted by atomic mass is 10.1. The van der Waals surface area contributed by atoms with Crippen molar-refractivity contribution in [2.24, 2.45) is 5.92 Å². The third-order valence-corrected chi connectivity index (χ3v) is 2.77. The molecule has 6 heteroatoms. The van der Waals surface area contributed by atoms with Crippen LogP contribution in [0.4, 0.5) is 0 Å². The molecule has 0 saturated carbocycles. The van der Waals surface area contributed by atoms with Crippen molar-refractivity contribution in [1.29, 1.82) is 0 Å². The van der Waals surface area contributed by atoms with E-state index >= 15 is 0 Å². The molecule has 1 aliphatic rings. The van der Waals surface area contributed by atoms with Crippen LogP contribution in [-0.4, -0.2) is 62.3 Å². The Kier molecular flexibility index (Phi) is 6.80. The highest BCUT2D eigenvalue weighted by Crippen LogP contribution is 2.08. The Morgan fingerprint density at radius 2 is 2.32 bits per heavy atom. The van der Waals surface area contributed by atoms with Gasteiger partial charge in [0.05, 0.1) is 6.10 Å². The highest BCUT2D eigenvalue weighted by atomic mass is 16.5. The highest BCUT2D eigenvalue weighted by molar-refractivity contribution is 5.78. The van der Waals surface area contributed by atoms with Gasteiger partial charge in [-0.3, -0.25) is 9.59 Å². The number of nitrogens with zero attached hydrogens (tertiary/aromatic N) is 1. The summed E-state index contributed by atoms with van der Waals surface area (Å²) in [6.45, 7) is 8.34. The van der Waals surface area contributed by atoms with E-state index in [2.05, 4.69) is 19.2 Å². The topological polar surface area (TPSA) is 67.9 Å². The van der Waals surface area contributed by atoms with E-state index in [0.29, 0.717) is 25.6 Å². The second-order valence-corrected chi connectivity index (χ2v) is 5.07. The number of hydrogen-bond acceptors (Lipinski definition) is 4. The van der Waals surface area contributed by atoms with Crippen molar-refractivity contribution in [3.63, 3.8) is 0 Å². The molecule has 0 bridgehead atoms. The second kappa shape index (κ2) is 8.12. The lowest BCUT2D eigenvalue weighted by molar-refractivity contribution is -0.149. The molecule has 19 heavy (non-hydrogen) atoms. The number of morpholine rings is 1. The molecule has 1 atom stereocenters. The first-order valence-corrected chi connectivity index (χ1v) is 6.76. The number of carbonyl (C=O) groups excluding carboxylic acids is 2. The molecule has 1 aliphatic heterocycles. The van der Waals surface area contributed by atoms with Gasteiger partial charge < -0.3 is 19.7 Å². The fourth-order valence-corrected chi connectivity index (χ4v) is 1.89. The normalized spacial score (nSPS) is 19.9. The molecule has 6 nitrogen and oxygen atoms in total. The minimum atomic E-state index is -0.155. The smallest absolute Gasteiger partial charge is 0.248 e. The maximum Gasteiger partial charge on any atom is 0.248 e. The van der Waals surface area contributed by atoms with Gasteiger partial charge in [0.15, 0.2) is 0 Å². The van der Waals surface area contributed by atoms with Gasteiger partial charge in [-0.1, -0.05) is 13.8 Å². The molecule has 0 radical (unpaired) electrons. The van der Waals surface area contributed by atoms with Crippen molar-refractivity contribution in [3.8, 4) is 0 Å². The lowest BCUT2D eigenvalue weighted by Gasteiger charge is -2.33. The molecule has 1 fully saturated rings. The Morgan fingerprint density at radius 1 is 1.58 bits per heavy atom. The Morgan fingerprint density at radius 3 is 2.95 bits per heavy atom. The average molecular weight is 272 g/mol. The molecule has 0 aromatic rings. The summed E-state index contributed by atoms with van der Waals surface area (Å²) in [4.78, 5) is 24.8. The van der Waals surface area contributed by atoms with E-state index in [4.69, 9.17) is 9.47 Å². The first-order chi connectivity index (χ1) is 9.02. The van der Waals surface area contributed by atoms with Gasteiger partial charge in [-0.05, 0) is 12.8 Å². The molecule has 1 rings (SSSR count). The van der Waals surface area contributed by atoms with E-state index in [-0.39, 0.29) is 31.1 Å². The number of carbonyl (C=O) groups is 2. The zero-order valence-corrected chi connectivity index (χ0v) is 12.0. The predicted molar refractivity (Wildman–Crippen MR) is 70.7 cm³/mol. The van der Waals surface area contributed by atoms with E-state index in [0.717, 1.165) is 6.54 Å². The fraction of sp³-hybridized carbons (Fsp3) is 0.846. The Labute approximate surface area is 114 Å². The molecule has 0 aliphatic carbocycles. The van der Waals surface area contributed by atoms with Crippen molar-refractivity contribution >= 4 is 11.8 Å². The quantitative estimate of drug-likeness (QED) is 0.709. The maximum absolute atomic E-state index is 11.6. The summed E-state index contributed by atoms with van der Waals surface area (Å²) in [6.07, 6.45) is -0.137. The third kappa shape index (κ3) is 6.02. The lowest BCUT2D eigenvalue weighted by Crippen LogP contribution is -2.51. The van der Waals surface area contributed by atoms with Crippen LogP contribution < -0.4 is 5.32 Å². The van der Waals surface area contributed by atoms with Gasteiger partial charge in [0, 0.05) is 26.2 Å². The predicted octanol–water partition coefficient (Wildman–Crippen LogP) is 0.0225. The van der Waals surface area contributed by atoms with Crippen molar-refractivity contribution in [1.82, 2.24) is 10.2 Å². The number of ether oxygens (including phenoxy) is 2. The monoisotopic (exact) mass is 272 g/mol. The summed E-state index contributed by atoms with van der Waals surface area (Å²) in [7, 11) is 0. The average Bonchev–Trinajstić information content (AvgIpc) is 2.36. The number of nitrogens with one attached hydrogen (secondary N) is 1. The molecule has 1 heterocycles. The molecule has 0 spiro atoms. The van der Waals surface area contributed by atoms with E-state index in [1.807, 2.05) is 6.92 Å². The van der Waals surface area contributed by atoms with Gasteiger partial charge in [0.2, 0.25) is 11.8 Å². The van der Waals surface area contributed by atoms with Crippen LogP contribution in [0, 0.1) is 5.92 Å². The minimum Gasteiger partial charge on any atom is -0.372 e. The second-order valence-electron chi connectivity index (χ2n) is 5.07. The molecule has 1 unspecified atom stereocenters. The Hall–Kier alpha value is -1.14. The molecule has 0 aromatic carbocycles. The summed E-state index contributed by atoms with van der Waals surface area (Å²) in [5.74, 6) is 0.290. The van der Waals surface area contributed by atoms with E-state index in [1.54, 1.807) is 4.90 Å². The van der Waals surface area contributed by atoms with Gasteiger partial charge in [0.25, 0.3) is 0 Å². The highest BCUT2D eigenvalue weighted by Gasteiger charge is 2.26. The van der Waals surface area contributed by atoms with Crippen LogP contribution in [0.25, 0.3) is 0 Å². The zero-order chi connectivity index (χ0) is 14.3. The molecule has 1 saturated heterocycles. The Bertz CT molecular complexity index is 307. The minimum absolute atomic E-state index is 0.0191. The number of hydrogen-bond donors (Lipinski definition) is 1. The van der Waals surface area contributed by atoms with Crippen molar-refractivity contribution in [2.75, 3.05) is 39.5 Å². The summed E-state index contributed by atoms with van der Waals surface area (Å²) in [5, 5.41) is 2.75. The summed E-state index contributed by atoms with van der Waals surface area (Å²) in [5.41, 5.74) is 0. The van der Waals surface area contributed by atoms with Crippen LogP contribution in [0.2, 0.25) is 0 Å². The van der Waals surface area contributed by atoms with Gasteiger partial charge in [0.1, 0.15) is 13.2 Å². The van der Waals surface area contributed by atoms with Gasteiger partial charge in [-0.15, -0.1) is 0 Å². The van der Waals surface area contributed by atoms with Crippen LogP contribution in [0.1, 0.15) is 20.8 Å². The van der Waals surface area contributed by atoms with Gasteiger partial charge in [-0.2, -0.15) is 0 Å². The van der Waals surface area contributed by atoms with E-state index < -0.39 is 0 Å². The zero-order valence-electron chi connectivity index (χ0n) is 12.0. The first kappa shape index (κ1) is 15.9. The van der Waals surface area contributed by atoms with Crippen molar-refractivity contribution < 1.29 is 19.1 Å². The molecular weight excluding hydrogens is 248 g/mol. The van der Waals surface area contributed by atoms with Crippen LogP contribution in [0.15, 0.2) is 0 Å². The standard InChI is InChI=1S/C13H24N2O4/c1-4-18-8-12(16)14-5-11-7-15(6-10(2)3)13(17)9-19-11/h10-11H,4-9H2,1-3H3,(H,14,16). The van der Waals surface area contributed by atoms with E-state index in [1.165, 1.54) is 0 Å². The third-order valence-electron chi connectivity index (χ3n) is 2.77. The van der Waals surface area contributed by atoms with Gasteiger partial charge >= 0.3 is 0 Å². The molecule has 2 amide bonds. The van der Waals surface area contributed by atoms with E-state index in [9.17, 15) is 9.59 Å².